The Morgan fingerprint density at radius 1 is 0.879 bits per heavy atom. The van der Waals surface area contributed by atoms with Crippen molar-refractivity contribution < 1.29 is 14.2 Å². The predicted octanol–water partition coefficient (Wildman–Crippen LogP) is 3.45. The average molecular weight is 451 g/mol. The Morgan fingerprint density at radius 3 is 2.33 bits per heavy atom. The third kappa shape index (κ3) is 5.25. The van der Waals surface area contributed by atoms with E-state index < -0.39 is 0 Å². The molecule has 174 valence electrons. The number of rotatable bonds is 7. The first-order chi connectivity index (χ1) is 16.1. The molecule has 1 saturated heterocycles. The third-order valence-corrected chi connectivity index (χ3v) is 5.66. The lowest BCUT2D eigenvalue weighted by Crippen LogP contribution is -2.29. The highest BCUT2D eigenvalue weighted by Gasteiger charge is 2.15. The maximum atomic E-state index is 5.42. The number of ether oxygens (including phenoxy) is 3. The van der Waals surface area contributed by atoms with Gasteiger partial charge in [0.1, 0.15) is 5.82 Å². The smallest absolute Gasteiger partial charge is 0.227 e. The fraction of sp³-hybridized carbons (Fsp3) is 0.375. The number of nitrogens with one attached hydrogen (secondary N) is 1. The number of hydrogen-bond acceptors (Lipinski definition) is 9. The quantitative estimate of drug-likeness (QED) is 0.582. The minimum absolute atomic E-state index is 0.460. The highest BCUT2D eigenvalue weighted by Crippen LogP contribution is 2.40. The molecule has 0 unspecified atom stereocenters. The topological polar surface area (TPSA) is 84.9 Å². The molecule has 0 amide bonds. The van der Waals surface area contributed by atoms with Crippen LogP contribution in [-0.2, 0) is 0 Å². The predicted molar refractivity (Wildman–Crippen MR) is 129 cm³/mol. The lowest BCUT2D eigenvalue weighted by atomic mass is 10.2. The molecule has 2 aromatic heterocycles. The standard InChI is InChI=1S/C24H30N6O3/c1-29-10-5-11-30(13-12-29)22-7-6-17(16-26-22)19-8-9-25-24(28-19)27-18-14-20(31-2)23(33-4)21(15-18)32-3/h6-9,14-16H,5,10-13H2,1-4H3,(H,25,27,28). The number of anilines is 3. The first kappa shape index (κ1) is 22.6. The highest BCUT2D eigenvalue weighted by molar-refractivity contribution is 5.67. The van der Waals surface area contributed by atoms with Crippen molar-refractivity contribution in [2.75, 3.05) is 64.8 Å². The minimum Gasteiger partial charge on any atom is -0.493 e. The normalized spacial score (nSPS) is 14.5. The van der Waals surface area contributed by atoms with E-state index in [1.54, 1.807) is 27.5 Å². The van der Waals surface area contributed by atoms with Gasteiger partial charge in [0.05, 0.1) is 27.0 Å². The zero-order valence-electron chi connectivity index (χ0n) is 19.5. The Kier molecular flexibility index (Phi) is 7.09. The van der Waals surface area contributed by atoms with Crippen LogP contribution in [0.1, 0.15) is 6.42 Å². The van der Waals surface area contributed by atoms with Gasteiger partial charge in [0.2, 0.25) is 11.7 Å². The Morgan fingerprint density at radius 2 is 1.67 bits per heavy atom. The van der Waals surface area contributed by atoms with Crippen LogP contribution in [0, 0.1) is 0 Å². The van der Waals surface area contributed by atoms with Gasteiger partial charge in [-0.1, -0.05) is 0 Å². The second-order valence-electron chi connectivity index (χ2n) is 7.85. The lowest BCUT2D eigenvalue weighted by molar-refractivity contribution is 0.324. The summed E-state index contributed by atoms with van der Waals surface area (Å²) < 4.78 is 16.2. The molecule has 9 heteroatoms. The van der Waals surface area contributed by atoms with Crippen LogP contribution in [0.15, 0.2) is 42.7 Å². The summed E-state index contributed by atoms with van der Waals surface area (Å²) in [5.74, 6) is 3.09. The molecule has 3 heterocycles. The van der Waals surface area contributed by atoms with Crippen LogP contribution in [-0.4, -0.2) is 74.4 Å². The SMILES string of the molecule is COc1cc(Nc2nccc(-c3ccc(N4CCCN(C)CC4)nc3)n2)cc(OC)c1OC. The molecule has 3 aromatic rings. The molecule has 1 aliphatic rings. The van der Waals surface area contributed by atoms with Crippen LogP contribution in [0.5, 0.6) is 17.2 Å². The van der Waals surface area contributed by atoms with Crippen molar-refractivity contribution >= 4 is 17.5 Å². The lowest BCUT2D eigenvalue weighted by Gasteiger charge is -2.21. The first-order valence-corrected chi connectivity index (χ1v) is 10.9. The van der Waals surface area contributed by atoms with Crippen LogP contribution >= 0.6 is 0 Å². The molecule has 0 radical (unpaired) electrons. The monoisotopic (exact) mass is 450 g/mol. The van der Waals surface area contributed by atoms with Gasteiger partial charge in [0, 0.05) is 55.4 Å². The number of hydrogen-bond donors (Lipinski definition) is 1. The number of pyridine rings is 1. The number of nitrogens with zero attached hydrogens (tertiary/aromatic N) is 5. The van der Waals surface area contributed by atoms with Crippen molar-refractivity contribution in [1.82, 2.24) is 19.9 Å². The van der Waals surface area contributed by atoms with E-state index in [-0.39, 0.29) is 0 Å². The minimum atomic E-state index is 0.460. The summed E-state index contributed by atoms with van der Waals surface area (Å²) in [5.41, 5.74) is 2.44. The molecule has 33 heavy (non-hydrogen) atoms. The third-order valence-electron chi connectivity index (χ3n) is 5.66. The molecule has 0 saturated carbocycles. The van der Waals surface area contributed by atoms with E-state index in [2.05, 4.69) is 44.3 Å². The van der Waals surface area contributed by atoms with Crippen LogP contribution in [0.2, 0.25) is 0 Å². The van der Waals surface area contributed by atoms with Gasteiger partial charge in [-0.15, -0.1) is 0 Å². The Balaban J connectivity index is 1.52. The molecule has 9 nitrogen and oxygen atoms in total. The van der Waals surface area contributed by atoms with Gasteiger partial charge < -0.3 is 29.3 Å². The van der Waals surface area contributed by atoms with E-state index in [0.717, 1.165) is 55.4 Å². The van der Waals surface area contributed by atoms with Crippen molar-refractivity contribution in [2.45, 2.75) is 6.42 Å². The summed E-state index contributed by atoms with van der Waals surface area (Å²) in [7, 11) is 6.90. The maximum Gasteiger partial charge on any atom is 0.227 e. The van der Waals surface area contributed by atoms with Gasteiger partial charge in [-0.2, -0.15) is 0 Å². The van der Waals surface area contributed by atoms with E-state index in [1.165, 1.54) is 0 Å². The summed E-state index contributed by atoms with van der Waals surface area (Å²) >= 11 is 0. The molecule has 1 aromatic carbocycles. The van der Waals surface area contributed by atoms with Crippen LogP contribution in [0.25, 0.3) is 11.3 Å². The Hall–Kier alpha value is -3.59. The van der Waals surface area contributed by atoms with Crippen LogP contribution < -0.4 is 24.4 Å². The summed E-state index contributed by atoms with van der Waals surface area (Å²) in [6.45, 7) is 4.18. The average Bonchev–Trinajstić information content (AvgIpc) is 3.08. The number of likely N-dealkylation sites (N-methyl/N-ethyl adjacent to an activating group) is 1. The molecule has 0 spiro atoms. The molecular formula is C24H30N6O3. The van der Waals surface area contributed by atoms with E-state index in [1.807, 2.05) is 24.4 Å². The largest absolute Gasteiger partial charge is 0.493 e. The van der Waals surface area contributed by atoms with Crippen molar-refractivity contribution in [2.24, 2.45) is 0 Å². The van der Waals surface area contributed by atoms with Gasteiger partial charge in [0.25, 0.3) is 0 Å². The highest BCUT2D eigenvalue weighted by atomic mass is 16.5. The van der Waals surface area contributed by atoms with Crippen LogP contribution in [0.3, 0.4) is 0 Å². The summed E-state index contributed by atoms with van der Waals surface area (Å²) in [4.78, 5) is 18.4. The molecule has 0 aliphatic carbocycles. The fourth-order valence-corrected chi connectivity index (χ4v) is 3.86. The van der Waals surface area contributed by atoms with E-state index in [9.17, 15) is 0 Å². The second kappa shape index (κ2) is 10.4. The number of methoxy groups -OCH3 is 3. The maximum absolute atomic E-state index is 5.42. The molecule has 0 bridgehead atoms. The van der Waals surface area contributed by atoms with Gasteiger partial charge in [-0.05, 0) is 38.2 Å². The zero-order valence-corrected chi connectivity index (χ0v) is 19.5. The summed E-state index contributed by atoms with van der Waals surface area (Å²) in [6.07, 6.45) is 4.73. The molecule has 0 atom stereocenters. The zero-order chi connectivity index (χ0) is 23.2. The fourth-order valence-electron chi connectivity index (χ4n) is 3.86. The van der Waals surface area contributed by atoms with Crippen LogP contribution in [0.4, 0.5) is 17.5 Å². The molecule has 4 rings (SSSR count). The van der Waals surface area contributed by atoms with E-state index >= 15 is 0 Å². The Bertz CT molecular complexity index is 1050. The van der Waals surface area contributed by atoms with Gasteiger partial charge in [0.15, 0.2) is 11.5 Å². The molecule has 1 aliphatic heterocycles. The summed E-state index contributed by atoms with van der Waals surface area (Å²) in [5, 5.41) is 3.22. The molecule has 1 fully saturated rings. The van der Waals surface area contributed by atoms with Crippen molar-refractivity contribution in [3.63, 3.8) is 0 Å². The van der Waals surface area contributed by atoms with Gasteiger partial charge in [-0.3, -0.25) is 0 Å². The van der Waals surface area contributed by atoms with Crippen molar-refractivity contribution in [3.05, 3.63) is 42.7 Å². The second-order valence-corrected chi connectivity index (χ2v) is 7.85. The first-order valence-electron chi connectivity index (χ1n) is 10.9. The van der Waals surface area contributed by atoms with Crippen molar-refractivity contribution in [3.8, 4) is 28.5 Å². The number of benzene rings is 1. The molecular weight excluding hydrogens is 420 g/mol. The Labute approximate surface area is 194 Å². The van der Waals surface area contributed by atoms with E-state index in [4.69, 9.17) is 19.2 Å². The van der Waals surface area contributed by atoms with Crippen molar-refractivity contribution in [1.29, 1.82) is 0 Å². The van der Waals surface area contributed by atoms with E-state index in [0.29, 0.717) is 23.2 Å². The summed E-state index contributed by atoms with van der Waals surface area (Å²) in [6, 6.07) is 9.62. The number of aromatic nitrogens is 3. The van der Waals surface area contributed by atoms with Gasteiger partial charge >= 0.3 is 0 Å². The van der Waals surface area contributed by atoms with Gasteiger partial charge in [-0.25, -0.2) is 15.0 Å². The molecule has 1 N–H and O–H groups in total.